The maximum atomic E-state index is 5.71. The molecule has 2 rings (SSSR count). The largest absolute Gasteiger partial charge is 0.399 e. The minimum atomic E-state index is 0.470. The van der Waals surface area contributed by atoms with Gasteiger partial charge in [-0.25, -0.2) is 0 Å². The van der Waals surface area contributed by atoms with Crippen LogP contribution < -0.4 is 5.73 Å². The van der Waals surface area contributed by atoms with Gasteiger partial charge in [-0.3, -0.25) is 4.90 Å². The summed E-state index contributed by atoms with van der Waals surface area (Å²) in [7, 11) is 1.78. The first-order chi connectivity index (χ1) is 8.20. The lowest BCUT2D eigenvalue weighted by Gasteiger charge is -2.24. The molecule has 1 aromatic carbocycles. The minimum Gasteiger partial charge on any atom is -0.399 e. The number of rotatable bonds is 4. The Morgan fingerprint density at radius 1 is 1.41 bits per heavy atom. The molecule has 1 heterocycles. The molecule has 1 aromatic rings. The summed E-state index contributed by atoms with van der Waals surface area (Å²) in [6, 6.07) is 8.69. The van der Waals surface area contributed by atoms with Crippen molar-refractivity contribution in [1.82, 2.24) is 4.90 Å². The molecule has 0 amide bonds. The monoisotopic (exact) mass is 234 g/mol. The number of ether oxygens (including phenoxy) is 1. The predicted octanol–water partition coefficient (Wildman–Crippen LogP) is 2.30. The Bertz CT molecular complexity index is 350. The Balaban J connectivity index is 1.96. The Labute approximate surface area is 104 Å². The number of methoxy groups -OCH3 is 1. The van der Waals surface area contributed by atoms with Gasteiger partial charge in [0.25, 0.3) is 0 Å². The Morgan fingerprint density at radius 2 is 2.12 bits per heavy atom. The molecule has 17 heavy (non-hydrogen) atoms. The van der Waals surface area contributed by atoms with Crippen molar-refractivity contribution in [3.63, 3.8) is 0 Å². The standard InChI is InChI=1S/C14H22N2O/c1-11(13-3-5-14(15)6-4-13)16-8-7-12(9-16)10-17-2/h3-6,11-12H,7-10,15H2,1-2H3. The lowest BCUT2D eigenvalue weighted by molar-refractivity contribution is 0.148. The normalized spacial score (nSPS) is 22.8. The molecule has 1 aliphatic heterocycles. The Hall–Kier alpha value is -1.06. The van der Waals surface area contributed by atoms with Crippen LogP contribution >= 0.6 is 0 Å². The molecule has 94 valence electrons. The number of nitrogens with zero attached hydrogens (tertiary/aromatic N) is 1. The van der Waals surface area contributed by atoms with Crippen LogP contribution in [0.5, 0.6) is 0 Å². The van der Waals surface area contributed by atoms with Crippen LogP contribution in [-0.4, -0.2) is 31.7 Å². The third-order valence-corrected chi connectivity index (χ3v) is 3.69. The highest BCUT2D eigenvalue weighted by atomic mass is 16.5. The summed E-state index contributed by atoms with van der Waals surface area (Å²) in [5, 5.41) is 0. The molecule has 3 heteroatoms. The fourth-order valence-corrected chi connectivity index (χ4v) is 2.57. The number of benzene rings is 1. The molecule has 2 N–H and O–H groups in total. The van der Waals surface area contributed by atoms with E-state index in [-0.39, 0.29) is 0 Å². The number of likely N-dealkylation sites (tertiary alicyclic amines) is 1. The number of nitrogen functional groups attached to an aromatic ring is 1. The molecule has 0 aliphatic carbocycles. The van der Waals surface area contributed by atoms with Crippen molar-refractivity contribution in [2.75, 3.05) is 32.5 Å². The maximum Gasteiger partial charge on any atom is 0.0503 e. The van der Waals surface area contributed by atoms with Crippen LogP contribution in [0.4, 0.5) is 5.69 Å². The first kappa shape index (κ1) is 12.4. The molecule has 0 bridgehead atoms. The summed E-state index contributed by atoms with van der Waals surface area (Å²) in [5.41, 5.74) is 7.89. The quantitative estimate of drug-likeness (QED) is 0.812. The van der Waals surface area contributed by atoms with E-state index in [1.165, 1.54) is 18.5 Å². The molecule has 0 aromatic heterocycles. The van der Waals surface area contributed by atoms with Crippen molar-refractivity contribution in [2.24, 2.45) is 5.92 Å². The van der Waals surface area contributed by atoms with E-state index in [0.717, 1.165) is 18.8 Å². The van der Waals surface area contributed by atoms with Gasteiger partial charge in [-0.1, -0.05) is 12.1 Å². The van der Waals surface area contributed by atoms with E-state index in [9.17, 15) is 0 Å². The summed E-state index contributed by atoms with van der Waals surface area (Å²) in [4.78, 5) is 2.52. The summed E-state index contributed by atoms with van der Waals surface area (Å²) >= 11 is 0. The van der Waals surface area contributed by atoms with Gasteiger partial charge < -0.3 is 10.5 Å². The van der Waals surface area contributed by atoms with E-state index >= 15 is 0 Å². The highest BCUT2D eigenvalue weighted by molar-refractivity contribution is 5.40. The number of hydrogen-bond acceptors (Lipinski definition) is 3. The van der Waals surface area contributed by atoms with Crippen LogP contribution in [0.3, 0.4) is 0 Å². The Morgan fingerprint density at radius 3 is 2.76 bits per heavy atom. The topological polar surface area (TPSA) is 38.5 Å². The van der Waals surface area contributed by atoms with Crippen molar-refractivity contribution < 1.29 is 4.74 Å². The van der Waals surface area contributed by atoms with E-state index in [0.29, 0.717) is 12.0 Å². The van der Waals surface area contributed by atoms with Gasteiger partial charge in [-0.05, 0) is 43.5 Å². The van der Waals surface area contributed by atoms with Gasteiger partial charge in [-0.15, -0.1) is 0 Å². The molecule has 2 unspecified atom stereocenters. The van der Waals surface area contributed by atoms with Gasteiger partial charge in [0, 0.05) is 25.4 Å². The molecule has 0 radical (unpaired) electrons. The highest BCUT2D eigenvalue weighted by Gasteiger charge is 2.26. The fraction of sp³-hybridized carbons (Fsp3) is 0.571. The molecule has 0 saturated carbocycles. The van der Waals surface area contributed by atoms with Gasteiger partial charge in [-0.2, -0.15) is 0 Å². The first-order valence-corrected chi connectivity index (χ1v) is 6.29. The minimum absolute atomic E-state index is 0.470. The van der Waals surface area contributed by atoms with Crippen LogP contribution in [0, 0.1) is 5.92 Å². The van der Waals surface area contributed by atoms with Crippen LogP contribution in [0.15, 0.2) is 24.3 Å². The molecule has 3 nitrogen and oxygen atoms in total. The van der Waals surface area contributed by atoms with Gasteiger partial charge in [0.05, 0.1) is 6.61 Å². The van der Waals surface area contributed by atoms with Gasteiger partial charge in [0.2, 0.25) is 0 Å². The second kappa shape index (κ2) is 5.52. The van der Waals surface area contributed by atoms with Crippen molar-refractivity contribution in [3.05, 3.63) is 29.8 Å². The zero-order chi connectivity index (χ0) is 12.3. The van der Waals surface area contributed by atoms with E-state index in [2.05, 4.69) is 24.0 Å². The maximum absolute atomic E-state index is 5.71. The zero-order valence-corrected chi connectivity index (χ0v) is 10.7. The molecule has 1 fully saturated rings. The smallest absolute Gasteiger partial charge is 0.0503 e. The third kappa shape index (κ3) is 2.99. The fourth-order valence-electron chi connectivity index (χ4n) is 2.57. The summed E-state index contributed by atoms with van der Waals surface area (Å²) in [6.07, 6.45) is 1.24. The SMILES string of the molecule is COCC1CCN(C(C)c2ccc(N)cc2)C1. The van der Waals surface area contributed by atoms with Crippen molar-refractivity contribution in [2.45, 2.75) is 19.4 Å². The average Bonchev–Trinajstić information content (AvgIpc) is 2.78. The van der Waals surface area contributed by atoms with Gasteiger partial charge >= 0.3 is 0 Å². The molecular weight excluding hydrogens is 212 g/mol. The molecule has 1 saturated heterocycles. The molecular formula is C14H22N2O. The number of nitrogens with two attached hydrogens (primary N) is 1. The van der Waals surface area contributed by atoms with Crippen molar-refractivity contribution in [1.29, 1.82) is 0 Å². The van der Waals surface area contributed by atoms with Gasteiger partial charge in [0.1, 0.15) is 0 Å². The molecule has 1 aliphatic rings. The van der Waals surface area contributed by atoms with E-state index in [1.807, 2.05) is 12.1 Å². The lowest BCUT2D eigenvalue weighted by Crippen LogP contribution is -2.25. The van der Waals surface area contributed by atoms with E-state index < -0.39 is 0 Å². The van der Waals surface area contributed by atoms with Crippen LogP contribution in [0.25, 0.3) is 0 Å². The zero-order valence-electron chi connectivity index (χ0n) is 10.7. The second-order valence-corrected chi connectivity index (χ2v) is 4.95. The van der Waals surface area contributed by atoms with E-state index in [1.54, 1.807) is 7.11 Å². The number of anilines is 1. The lowest BCUT2D eigenvalue weighted by atomic mass is 10.1. The summed E-state index contributed by atoms with van der Waals surface area (Å²) < 4.78 is 5.23. The highest BCUT2D eigenvalue weighted by Crippen LogP contribution is 2.27. The van der Waals surface area contributed by atoms with Crippen molar-refractivity contribution in [3.8, 4) is 0 Å². The molecule has 0 spiro atoms. The average molecular weight is 234 g/mol. The van der Waals surface area contributed by atoms with Crippen LogP contribution in [0.1, 0.15) is 24.9 Å². The second-order valence-electron chi connectivity index (χ2n) is 4.95. The third-order valence-electron chi connectivity index (χ3n) is 3.69. The van der Waals surface area contributed by atoms with Crippen molar-refractivity contribution >= 4 is 5.69 Å². The molecule has 2 atom stereocenters. The Kier molecular flexibility index (Phi) is 4.02. The van der Waals surface area contributed by atoms with Gasteiger partial charge in [0.15, 0.2) is 0 Å². The van der Waals surface area contributed by atoms with Crippen LogP contribution in [0.2, 0.25) is 0 Å². The van der Waals surface area contributed by atoms with Crippen LogP contribution in [-0.2, 0) is 4.74 Å². The number of hydrogen-bond donors (Lipinski definition) is 1. The predicted molar refractivity (Wildman–Crippen MR) is 70.8 cm³/mol. The van der Waals surface area contributed by atoms with E-state index in [4.69, 9.17) is 10.5 Å². The first-order valence-electron chi connectivity index (χ1n) is 6.29. The summed E-state index contributed by atoms with van der Waals surface area (Å²) in [5.74, 6) is 0.691. The summed E-state index contributed by atoms with van der Waals surface area (Å²) in [6.45, 7) is 5.45.